The highest BCUT2D eigenvalue weighted by atomic mass is 16.5. The van der Waals surface area contributed by atoms with Crippen LogP contribution in [0.25, 0.3) is 11.5 Å². The van der Waals surface area contributed by atoms with Crippen LogP contribution in [-0.4, -0.2) is 12.1 Å². The van der Waals surface area contributed by atoms with Crippen molar-refractivity contribution in [3.8, 4) is 29.0 Å². The molecule has 0 aliphatic carbocycles. The molecule has 102 valence electrons. The lowest BCUT2D eigenvalue weighted by atomic mass is 10.2. The summed E-state index contributed by atoms with van der Waals surface area (Å²) in [4.78, 5) is 4.24. The minimum absolute atomic E-state index is 0.546. The zero-order chi connectivity index (χ0) is 14.5. The SMILES string of the molecule is COc1ccc(C#Cc2cnc(-c3ccccc3)o2)cc1. The summed E-state index contributed by atoms with van der Waals surface area (Å²) in [6, 6.07) is 17.3. The van der Waals surface area contributed by atoms with E-state index in [-0.39, 0.29) is 0 Å². The minimum atomic E-state index is 0.546. The maximum atomic E-state index is 5.63. The predicted molar refractivity (Wildman–Crippen MR) is 80.9 cm³/mol. The Balaban J connectivity index is 1.80. The van der Waals surface area contributed by atoms with Gasteiger partial charge in [-0.3, -0.25) is 0 Å². The van der Waals surface area contributed by atoms with Gasteiger partial charge in [-0.25, -0.2) is 4.98 Å². The number of hydrogen-bond donors (Lipinski definition) is 0. The molecule has 1 aromatic heterocycles. The summed E-state index contributed by atoms with van der Waals surface area (Å²) in [7, 11) is 1.64. The maximum absolute atomic E-state index is 5.63. The van der Waals surface area contributed by atoms with Crippen LogP contribution in [0.15, 0.2) is 65.2 Å². The van der Waals surface area contributed by atoms with Crippen LogP contribution < -0.4 is 4.74 Å². The molecule has 0 amide bonds. The van der Waals surface area contributed by atoms with Crippen LogP contribution >= 0.6 is 0 Å². The molecule has 3 aromatic rings. The van der Waals surface area contributed by atoms with Gasteiger partial charge in [-0.05, 0) is 42.3 Å². The van der Waals surface area contributed by atoms with Gasteiger partial charge in [-0.1, -0.05) is 24.1 Å². The third-order valence-electron chi connectivity index (χ3n) is 2.95. The lowest BCUT2D eigenvalue weighted by molar-refractivity contribution is 0.415. The van der Waals surface area contributed by atoms with Crippen molar-refractivity contribution in [3.05, 3.63) is 72.1 Å². The molecule has 2 aromatic carbocycles. The Morgan fingerprint density at radius 3 is 2.43 bits per heavy atom. The molecule has 0 radical (unpaired) electrons. The van der Waals surface area contributed by atoms with Gasteiger partial charge in [0.15, 0.2) is 5.76 Å². The van der Waals surface area contributed by atoms with E-state index in [0.717, 1.165) is 16.9 Å². The van der Waals surface area contributed by atoms with Gasteiger partial charge in [-0.15, -0.1) is 0 Å². The normalized spacial score (nSPS) is 9.76. The van der Waals surface area contributed by atoms with Crippen molar-refractivity contribution >= 4 is 0 Å². The first-order valence-electron chi connectivity index (χ1n) is 6.52. The molecule has 0 saturated heterocycles. The van der Waals surface area contributed by atoms with Crippen LogP contribution in [0.3, 0.4) is 0 Å². The van der Waals surface area contributed by atoms with Crippen LogP contribution in [-0.2, 0) is 0 Å². The number of rotatable bonds is 2. The first-order chi connectivity index (χ1) is 10.3. The van der Waals surface area contributed by atoms with E-state index < -0.39 is 0 Å². The first-order valence-corrected chi connectivity index (χ1v) is 6.52. The van der Waals surface area contributed by atoms with Gasteiger partial charge in [0.05, 0.1) is 13.3 Å². The summed E-state index contributed by atoms with van der Waals surface area (Å²) >= 11 is 0. The van der Waals surface area contributed by atoms with Crippen molar-refractivity contribution in [3.63, 3.8) is 0 Å². The Morgan fingerprint density at radius 2 is 1.71 bits per heavy atom. The van der Waals surface area contributed by atoms with E-state index in [1.54, 1.807) is 13.3 Å². The van der Waals surface area contributed by atoms with E-state index >= 15 is 0 Å². The molecule has 3 nitrogen and oxygen atoms in total. The fraction of sp³-hybridized carbons (Fsp3) is 0.0556. The van der Waals surface area contributed by atoms with E-state index in [0.29, 0.717) is 11.7 Å². The molecule has 0 aliphatic heterocycles. The van der Waals surface area contributed by atoms with Crippen molar-refractivity contribution in [1.29, 1.82) is 0 Å². The molecule has 3 rings (SSSR count). The average molecular weight is 275 g/mol. The van der Waals surface area contributed by atoms with Gasteiger partial charge >= 0.3 is 0 Å². The number of methoxy groups -OCH3 is 1. The van der Waals surface area contributed by atoms with Gasteiger partial charge < -0.3 is 9.15 Å². The summed E-state index contributed by atoms with van der Waals surface area (Å²) in [6.07, 6.45) is 1.64. The molecule has 0 spiro atoms. The molecular formula is C18H13NO2. The van der Waals surface area contributed by atoms with Crippen LogP contribution in [0.2, 0.25) is 0 Å². The fourth-order valence-corrected chi connectivity index (χ4v) is 1.85. The standard InChI is InChI=1S/C18H13NO2/c1-20-16-10-7-14(8-11-16)9-12-17-13-19-18(21-17)15-5-3-2-4-6-15/h2-8,10-11,13H,1H3. The molecule has 1 heterocycles. The molecule has 0 atom stereocenters. The Hall–Kier alpha value is -2.99. The van der Waals surface area contributed by atoms with Crippen LogP contribution in [0.5, 0.6) is 5.75 Å². The largest absolute Gasteiger partial charge is 0.497 e. The summed E-state index contributed by atoms with van der Waals surface area (Å²) in [5.74, 6) is 7.94. The second-order valence-corrected chi connectivity index (χ2v) is 4.37. The van der Waals surface area contributed by atoms with E-state index in [9.17, 15) is 0 Å². The molecule has 0 bridgehead atoms. The summed E-state index contributed by atoms with van der Waals surface area (Å²) < 4.78 is 10.7. The molecule has 0 unspecified atom stereocenters. The van der Waals surface area contributed by atoms with Crippen molar-refractivity contribution in [2.24, 2.45) is 0 Å². The number of benzene rings is 2. The Kier molecular flexibility index (Phi) is 3.70. The highest BCUT2D eigenvalue weighted by Gasteiger charge is 2.03. The number of aromatic nitrogens is 1. The second-order valence-electron chi connectivity index (χ2n) is 4.37. The molecule has 0 aliphatic rings. The average Bonchev–Trinajstić information content (AvgIpc) is 3.03. The van der Waals surface area contributed by atoms with Crippen LogP contribution in [0.1, 0.15) is 11.3 Å². The molecule has 0 fully saturated rings. The van der Waals surface area contributed by atoms with E-state index in [1.807, 2.05) is 54.6 Å². The van der Waals surface area contributed by atoms with Gasteiger partial charge in [0, 0.05) is 11.1 Å². The first kappa shape index (κ1) is 13.0. The highest BCUT2D eigenvalue weighted by Crippen LogP contribution is 2.18. The molecular weight excluding hydrogens is 262 g/mol. The molecule has 21 heavy (non-hydrogen) atoms. The molecule has 0 N–H and O–H groups in total. The van der Waals surface area contributed by atoms with Crippen molar-refractivity contribution in [1.82, 2.24) is 4.98 Å². The Labute approximate surface area is 123 Å². The summed E-state index contributed by atoms with van der Waals surface area (Å²) in [5.41, 5.74) is 1.84. The molecule has 3 heteroatoms. The number of oxazole rings is 1. The van der Waals surface area contributed by atoms with Gasteiger partial charge in [0.2, 0.25) is 5.89 Å². The second kappa shape index (κ2) is 5.98. The number of hydrogen-bond acceptors (Lipinski definition) is 3. The highest BCUT2D eigenvalue weighted by molar-refractivity contribution is 5.53. The third kappa shape index (κ3) is 3.13. The van der Waals surface area contributed by atoms with Crippen LogP contribution in [0.4, 0.5) is 0 Å². The smallest absolute Gasteiger partial charge is 0.227 e. The summed E-state index contributed by atoms with van der Waals surface area (Å²) in [5, 5.41) is 0. The molecule has 0 saturated carbocycles. The lowest BCUT2D eigenvalue weighted by Gasteiger charge is -1.97. The number of nitrogens with zero attached hydrogens (tertiary/aromatic N) is 1. The van der Waals surface area contributed by atoms with Gasteiger partial charge in [0.1, 0.15) is 5.75 Å². The van der Waals surface area contributed by atoms with E-state index in [2.05, 4.69) is 16.8 Å². The third-order valence-corrected chi connectivity index (χ3v) is 2.95. The van der Waals surface area contributed by atoms with Gasteiger partial charge in [0.25, 0.3) is 0 Å². The monoisotopic (exact) mass is 275 g/mol. The van der Waals surface area contributed by atoms with Gasteiger partial charge in [-0.2, -0.15) is 0 Å². The van der Waals surface area contributed by atoms with Crippen LogP contribution in [0, 0.1) is 11.8 Å². The zero-order valence-electron chi connectivity index (χ0n) is 11.5. The number of ether oxygens (including phenoxy) is 1. The quantitative estimate of drug-likeness (QED) is 0.668. The maximum Gasteiger partial charge on any atom is 0.227 e. The van der Waals surface area contributed by atoms with E-state index in [4.69, 9.17) is 9.15 Å². The zero-order valence-corrected chi connectivity index (χ0v) is 11.5. The Morgan fingerprint density at radius 1 is 0.952 bits per heavy atom. The van der Waals surface area contributed by atoms with E-state index in [1.165, 1.54) is 0 Å². The fourth-order valence-electron chi connectivity index (χ4n) is 1.85. The topological polar surface area (TPSA) is 35.3 Å². The van der Waals surface area contributed by atoms with Crippen molar-refractivity contribution < 1.29 is 9.15 Å². The minimum Gasteiger partial charge on any atom is -0.497 e. The van der Waals surface area contributed by atoms with Crippen molar-refractivity contribution in [2.75, 3.05) is 7.11 Å². The lowest BCUT2D eigenvalue weighted by Crippen LogP contribution is -1.81. The predicted octanol–water partition coefficient (Wildman–Crippen LogP) is 3.75. The summed E-state index contributed by atoms with van der Waals surface area (Å²) in [6.45, 7) is 0. The Bertz CT molecular complexity index is 777. The van der Waals surface area contributed by atoms with Crippen molar-refractivity contribution in [2.45, 2.75) is 0 Å².